The van der Waals surface area contributed by atoms with Gasteiger partial charge in [-0.05, 0) is 42.0 Å². The van der Waals surface area contributed by atoms with E-state index >= 15 is 0 Å². The molecule has 1 fully saturated rings. The van der Waals surface area contributed by atoms with Crippen LogP contribution in [0.1, 0.15) is 21.6 Å². The predicted molar refractivity (Wildman–Crippen MR) is 135 cm³/mol. The minimum Gasteiger partial charge on any atom is -0.326 e. The standard InChI is InChI=1S/C26H24FN5O2S/c27-20-9-10-21(29-14-20)12-23(33)30-22-8-4-7-18(11-22)26-16-28-13-19(26)15-35-25(32-26)31-24(34)17-5-2-1-3-6-17/h1-11,14,19,28H,12-13,15-16H2,(H,30,33)(H,31,32,34)/t19-,26+/m0/s1. The molecule has 2 aromatic carbocycles. The molecule has 5 rings (SSSR count). The molecule has 2 aliphatic rings. The van der Waals surface area contributed by atoms with Gasteiger partial charge in [-0.25, -0.2) is 9.38 Å². The van der Waals surface area contributed by atoms with E-state index < -0.39 is 11.4 Å². The van der Waals surface area contributed by atoms with Crippen molar-refractivity contribution < 1.29 is 14.0 Å². The first-order valence-electron chi connectivity index (χ1n) is 11.3. The summed E-state index contributed by atoms with van der Waals surface area (Å²) >= 11 is 1.55. The zero-order valence-electron chi connectivity index (χ0n) is 18.8. The van der Waals surface area contributed by atoms with Crippen molar-refractivity contribution in [3.63, 3.8) is 0 Å². The fourth-order valence-corrected chi connectivity index (χ4v) is 5.59. The highest BCUT2D eigenvalue weighted by atomic mass is 32.2. The van der Waals surface area contributed by atoms with E-state index in [4.69, 9.17) is 4.99 Å². The van der Waals surface area contributed by atoms with Gasteiger partial charge in [0.15, 0.2) is 5.17 Å². The number of carbonyl (C=O) groups is 2. The SMILES string of the molecule is O=C(Cc1ccc(F)cn1)Nc1cccc([C@]23CNC[C@H]2CSC(NC(=O)c2ccccc2)=N3)c1. The average Bonchev–Trinajstić information content (AvgIpc) is 3.31. The van der Waals surface area contributed by atoms with E-state index in [1.54, 1.807) is 23.9 Å². The Morgan fingerprint density at radius 3 is 2.74 bits per heavy atom. The second-order valence-corrected chi connectivity index (χ2v) is 9.58. The Morgan fingerprint density at radius 1 is 1.09 bits per heavy atom. The van der Waals surface area contributed by atoms with Gasteiger partial charge in [0.1, 0.15) is 11.4 Å². The number of aromatic nitrogens is 1. The molecule has 0 unspecified atom stereocenters. The minimum absolute atomic E-state index is 0.0459. The molecule has 3 aromatic rings. The lowest BCUT2D eigenvalue weighted by atomic mass is 9.81. The Morgan fingerprint density at radius 2 is 1.94 bits per heavy atom. The van der Waals surface area contributed by atoms with Crippen molar-refractivity contribution in [2.45, 2.75) is 12.0 Å². The number of hydrogen-bond donors (Lipinski definition) is 3. The van der Waals surface area contributed by atoms with Crippen LogP contribution in [0, 0.1) is 11.7 Å². The fraction of sp³-hybridized carbons (Fsp3) is 0.231. The lowest BCUT2D eigenvalue weighted by Gasteiger charge is -2.36. The summed E-state index contributed by atoms with van der Waals surface area (Å²) in [6, 6.07) is 19.5. The monoisotopic (exact) mass is 489 g/mol. The number of nitrogens with one attached hydrogen (secondary N) is 3. The van der Waals surface area contributed by atoms with Crippen LogP contribution in [0.3, 0.4) is 0 Å². The zero-order valence-corrected chi connectivity index (χ0v) is 19.6. The number of aliphatic imine (C=N–C) groups is 1. The summed E-state index contributed by atoms with van der Waals surface area (Å²) in [7, 11) is 0. The Hall–Kier alpha value is -3.56. The third kappa shape index (κ3) is 5.11. The second kappa shape index (κ2) is 9.97. The zero-order chi connectivity index (χ0) is 24.3. The third-order valence-corrected chi connectivity index (χ3v) is 7.25. The smallest absolute Gasteiger partial charge is 0.257 e. The number of amides is 2. The first-order chi connectivity index (χ1) is 17.0. The summed E-state index contributed by atoms with van der Waals surface area (Å²) in [4.78, 5) is 34.2. The van der Waals surface area contributed by atoms with Gasteiger partial charge in [-0.2, -0.15) is 0 Å². The Labute approximate surface area is 206 Å². The molecule has 1 aromatic heterocycles. The van der Waals surface area contributed by atoms with E-state index in [9.17, 15) is 14.0 Å². The number of pyridine rings is 1. The van der Waals surface area contributed by atoms with Gasteiger partial charge in [0.25, 0.3) is 5.91 Å². The fourth-order valence-electron chi connectivity index (χ4n) is 4.44. The number of carbonyl (C=O) groups excluding carboxylic acids is 2. The van der Waals surface area contributed by atoms with Crippen molar-refractivity contribution >= 4 is 34.4 Å². The number of nitrogens with zero attached hydrogens (tertiary/aromatic N) is 2. The number of amidine groups is 1. The summed E-state index contributed by atoms with van der Waals surface area (Å²) < 4.78 is 13.1. The molecule has 9 heteroatoms. The number of thioether (sulfide) groups is 1. The molecule has 3 heterocycles. The molecule has 2 amide bonds. The van der Waals surface area contributed by atoms with Crippen LogP contribution in [-0.4, -0.2) is 40.8 Å². The van der Waals surface area contributed by atoms with Crippen molar-refractivity contribution in [1.82, 2.24) is 15.6 Å². The number of rotatable bonds is 5. The van der Waals surface area contributed by atoms with Crippen molar-refractivity contribution in [2.24, 2.45) is 10.9 Å². The molecule has 7 nitrogen and oxygen atoms in total. The van der Waals surface area contributed by atoms with E-state index in [2.05, 4.69) is 20.9 Å². The lowest BCUT2D eigenvalue weighted by Crippen LogP contribution is -2.42. The first kappa shape index (κ1) is 23.2. The number of halogens is 1. The summed E-state index contributed by atoms with van der Waals surface area (Å²) in [5.74, 6) is 0.198. The number of fused-ring (bicyclic) bond motifs is 1. The molecule has 0 aliphatic carbocycles. The van der Waals surface area contributed by atoms with E-state index in [0.717, 1.165) is 24.1 Å². The molecular formula is C26H24FN5O2S. The number of hydrogen-bond acceptors (Lipinski definition) is 6. The van der Waals surface area contributed by atoms with Gasteiger partial charge < -0.3 is 16.0 Å². The highest BCUT2D eigenvalue weighted by molar-refractivity contribution is 8.13. The molecule has 0 radical (unpaired) electrons. The van der Waals surface area contributed by atoms with Crippen molar-refractivity contribution in [2.75, 3.05) is 24.2 Å². The summed E-state index contributed by atoms with van der Waals surface area (Å²) in [6.45, 7) is 1.46. The van der Waals surface area contributed by atoms with Gasteiger partial charge in [-0.1, -0.05) is 42.1 Å². The van der Waals surface area contributed by atoms with E-state index in [0.29, 0.717) is 28.7 Å². The van der Waals surface area contributed by atoms with Gasteiger partial charge in [0.05, 0.1) is 12.6 Å². The molecule has 0 bridgehead atoms. The molecule has 2 aliphatic heterocycles. The van der Waals surface area contributed by atoms with Crippen LogP contribution in [0.2, 0.25) is 0 Å². The second-order valence-electron chi connectivity index (χ2n) is 8.57. The molecule has 35 heavy (non-hydrogen) atoms. The van der Waals surface area contributed by atoms with Gasteiger partial charge in [0.2, 0.25) is 5.91 Å². The van der Waals surface area contributed by atoms with Gasteiger partial charge >= 0.3 is 0 Å². The van der Waals surface area contributed by atoms with Crippen molar-refractivity contribution in [1.29, 1.82) is 0 Å². The van der Waals surface area contributed by atoms with E-state index in [1.165, 1.54) is 12.1 Å². The van der Waals surface area contributed by atoms with Crippen LogP contribution in [0.4, 0.5) is 10.1 Å². The summed E-state index contributed by atoms with van der Waals surface area (Å²) in [5, 5.41) is 9.91. The maximum Gasteiger partial charge on any atom is 0.257 e. The summed E-state index contributed by atoms with van der Waals surface area (Å²) in [5.41, 5.74) is 2.15. The molecule has 3 N–H and O–H groups in total. The van der Waals surface area contributed by atoms with Crippen LogP contribution in [0.15, 0.2) is 77.9 Å². The predicted octanol–water partition coefficient (Wildman–Crippen LogP) is 3.35. The molecule has 1 saturated heterocycles. The normalized spacial score (nSPS) is 21.1. The number of benzene rings is 2. The molecule has 0 saturated carbocycles. The number of anilines is 1. The first-order valence-corrected chi connectivity index (χ1v) is 12.3. The Balaban J connectivity index is 1.35. The van der Waals surface area contributed by atoms with Gasteiger partial charge in [0, 0.05) is 41.7 Å². The van der Waals surface area contributed by atoms with E-state index in [-0.39, 0.29) is 24.2 Å². The molecular weight excluding hydrogens is 465 g/mol. The van der Waals surface area contributed by atoms with Crippen LogP contribution in [-0.2, 0) is 16.8 Å². The largest absolute Gasteiger partial charge is 0.326 e. The Bertz CT molecular complexity index is 1270. The molecule has 0 spiro atoms. The van der Waals surface area contributed by atoms with Crippen molar-refractivity contribution in [3.05, 3.63) is 95.6 Å². The quantitative estimate of drug-likeness (QED) is 0.511. The Kier molecular flexibility index (Phi) is 6.61. The van der Waals surface area contributed by atoms with Crippen LogP contribution in [0.5, 0.6) is 0 Å². The summed E-state index contributed by atoms with van der Waals surface area (Å²) in [6.07, 6.45) is 1.15. The third-order valence-electron chi connectivity index (χ3n) is 6.22. The van der Waals surface area contributed by atoms with Crippen molar-refractivity contribution in [3.8, 4) is 0 Å². The van der Waals surface area contributed by atoms with E-state index in [1.807, 2.05) is 42.5 Å². The topological polar surface area (TPSA) is 95.5 Å². The maximum absolute atomic E-state index is 13.1. The average molecular weight is 490 g/mol. The van der Waals surface area contributed by atoms with Crippen LogP contribution < -0.4 is 16.0 Å². The lowest BCUT2D eigenvalue weighted by molar-refractivity contribution is -0.115. The van der Waals surface area contributed by atoms with Crippen LogP contribution >= 0.6 is 11.8 Å². The van der Waals surface area contributed by atoms with Gasteiger partial charge in [-0.15, -0.1) is 0 Å². The molecule has 178 valence electrons. The minimum atomic E-state index is -0.538. The van der Waals surface area contributed by atoms with Crippen LogP contribution in [0.25, 0.3) is 0 Å². The molecule has 2 atom stereocenters. The highest BCUT2D eigenvalue weighted by Crippen LogP contribution is 2.43. The maximum atomic E-state index is 13.1. The van der Waals surface area contributed by atoms with Gasteiger partial charge in [-0.3, -0.25) is 14.6 Å². The highest BCUT2D eigenvalue weighted by Gasteiger charge is 2.47.